The number of amides is 1. The van der Waals surface area contributed by atoms with Gasteiger partial charge in [0.05, 0.1) is 11.3 Å². The summed E-state index contributed by atoms with van der Waals surface area (Å²) in [7, 11) is -3.39. The summed E-state index contributed by atoms with van der Waals surface area (Å²) < 4.78 is 26.9. The third-order valence-electron chi connectivity index (χ3n) is 5.91. The molecule has 1 amide bonds. The van der Waals surface area contributed by atoms with Gasteiger partial charge < -0.3 is 10.2 Å². The second kappa shape index (κ2) is 8.96. The quantitative estimate of drug-likeness (QED) is 0.757. The number of nitrogens with zero attached hydrogens (tertiary/aromatic N) is 3. The zero-order valence-corrected chi connectivity index (χ0v) is 18.9. The van der Waals surface area contributed by atoms with Gasteiger partial charge in [0, 0.05) is 38.9 Å². The second-order valence-corrected chi connectivity index (χ2v) is 10.7. The molecule has 1 N–H and O–H groups in total. The van der Waals surface area contributed by atoms with Crippen LogP contribution in [0.3, 0.4) is 0 Å². The lowest BCUT2D eigenvalue weighted by Crippen LogP contribution is -2.38. The molecule has 0 spiro atoms. The fourth-order valence-corrected chi connectivity index (χ4v) is 5.53. The molecule has 7 nitrogen and oxygen atoms in total. The Kier molecular flexibility index (Phi) is 6.29. The third kappa shape index (κ3) is 5.62. The van der Waals surface area contributed by atoms with Crippen LogP contribution in [0.4, 0.5) is 0 Å². The Labute approximate surface area is 184 Å². The summed E-state index contributed by atoms with van der Waals surface area (Å²) in [5.74, 6) is 1.62. The summed E-state index contributed by atoms with van der Waals surface area (Å²) in [6.07, 6.45) is 6.15. The van der Waals surface area contributed by atoms with Crippen molar-refractivity contribution in [1.82, 2.24) is 15.1 Å². The van der Waals surface area contributed by atoms with Crippen LogP contribution in [-0.2, 0) is 27.9 Å². The molecular weight excluding hydrogens is 412 g/mol. The van der Waals surface area contributed by atoms with Crippen LogP contribution in [-0.4, -0.2) is 55.3 Å². The van der Waals surface area contributed by atoms with E-state index in [0.717, 1.165) is 37.0 Å². The molecule has 1 aromatic rings. The Hall–Kier alpha value is -2.45. The van der Waals surface area contributed by atoms with Gasteiger partial charge in [-0.3, -0.25) is 9.69 Å². The molecule has 1 fully saturated rings. The van der Waals surface area contributed by atoms with Crippen LogP contribution in [0.1, 0.15) is 31.4 Å². The van der Waals surface area contributed by atoms with Gasteiger partial charge in [0.2, 0.25) is 0 Å². The average Bonchev–Trinajstić information content (AvgIpc) is 2.71. The van der Waals surface area contributed by atoms with Crippen molar-refractivity contribution >= 4 is 21.8 Å². The monoisotopic (exact) mass is 442 g/mol. The highest BCUT2D eigenvalue weighted by atomic mass is 32.2. The van der Waals surface area contributed by atoms with E-state index in [1.54, 1.807) is 23.3 Å². The highest BCUT2D eigenvalue weighted by Crippen LogP contribution is 2.22. The van der Waals surface area contributed by atoms with Gasteiger partial charge in [-0.25, -0.2) is 8.42 Å². The molecule has 166 valence electrons. The van der Waals surface area contributed by atoms with Crippen LogP contribution >= 0.6 is 0 Å². The molecule has 2 atom stereocenters. The average molecular weight is 443 g/mol. The molecule has 0 bridgehead atoms. The highest BCUT2D eigenvalue weighted by Gasteiger charge is 2.25. The zero-order chi connectivity index (χ0) is 22.0. The molecule has 8 heteroatoms. The van der Waals surface area contributed by atoms with Crippen molar-refractivity contribution in [2.75, 3.05) is 25.4 Å². The van der Waals surface area contributed by atoms with Gasteiger partial charge in [-0.05, 0) is 41.5 Å². The van der Waals surface area contributed by atoms with E-state index >= 15 is 0 Å². The minimum absolute atomic E-state index is 0.0443. The van der Waals surface area contributed by atoms with Gasteiger partial charge in [0.25, 0.3) is 15.9 Å². The summed E-state index contributed by atoms with van der Waals surface area (Å²) in [5.41, 5.74) is 2.83. The van der Waals surface area contributed by atoms with Crippen LogP contribution in [0.25, 0.3) is 0 Å². The van der Waals surface area contributed by atoms with Crippen molar-refractivity contribution in [2.45, 2.75) is 33.4 Å². The van der Waals surface area contributed by atoms with Gasteiger partial charge in [-0.1, -0.05) is 38.1 Å². The minimum atomic E-state index is -3.39. The molecule has 3 aliphatic heterocycles. The number of likely N-dealkylation sites (tertiary alicyclic amines) is 1. The molecule has 4 rings (SSSR count). The van der Waals surface area contributed by atoms with Crippen LogP contribution in [0.15, 0.2) is 52.6 Å². The number of piperidine rings is 1. The van der Waals surface area contributed by atoms with E-state index in [0.29, 0.717) is 24.5 Å². The lowest BCUT2D eigenvalue weighted by atomic mass is 9.91. The van der Waals surface area contributed by atoms with E-state index in [4.69, 9.17) is 0 Å². The first-order valence-electron chi connectivity index (χ1n) is 10.8. The molecule has 3 aliphatic rings. The molecule has 0 radical (unpaired) electrons. The summed E-state index contributed by atoms with van der Waals surface area (Å²) in [6, 6.07) is 8.42. The number of sulfonamides is 1. The second-order valence-electron chi connectivity index (χ2n) is 8.99. The SMILES string of the molecule is CC1CC(C)CN(Cc2ccc(CNC(=O)C3=CN4CCS(=O)(=O)N=C4C=C3)cc2)C1. The van der Waals surface area contributed by atoms with Crippen LogP contribution in [0.5, 0.6) is 0 Å². The molecule has 0 aliphatic carbocycles. The normalized spacial score (nSPS) is 25.4. The van der Waals surface area contributed by atoms with E-state index in [1.165, 1.54) is 12.0 Å². The first-order valence-corrected chi connectivity index (χ1v) is 12.5. The standard InChI is InChI=1S/C23H30N4O3S/c1-17-11-18(2)14-26(13-17)15-20-5-3-19(4-6-20)12-24-23(28)21-7-8-22-25-31(29,30)10-9-27(22)16-21/h3-8,16-18H,9-15H2,1-2H3,(H,24,28). The number of fused-ring (bicyclic) bond motifs is 1. The molecule has 0 aromatic heterocycles. The van der Waals surface area contributed by atoms with Crippen molar-refractivity contribution in [3.63, 3.8) is 0 Å². The fourth-order valence-electron chi connectivity index (χ4n) is 4.56. The van der Waals surface area contributed by atoms with E-state index in [-0.39, 0.29) is 11.7 Å². The van der Waals surface area contributed by atoms with Crippen molar-refractivity contribution in [3.8, 4) is 0 Å². The molecule has 2 unspecified atom stereocenters. The van der Waals surface area contributed by atoms with Crippen molar-refractivity contribution < 1.29 is 13.2 Å². The Morgan fingerprint density at radius 2 is 1.77 bits per heavy atom. The first-order chi connectivity index (χ1) is 14.8. The lowest BCUT2D eigenvalue weighted by Gasteiger charge is -2.35. The summed E-state index contributed by atoms with van der Waals surface area (Å²) in [6.45, 7) is 8.67. The molecule has 0 saturated carbocycles. The number of hydrogen-bond donors (Lipinski definition) is 1. The maximum Gasteiger partial charge on any atom is 0.256 e. The van der Waals surface area contributed by atoms with Gasteiger partial charge in [-0.2, -0.15) is 0 Å². The maximum absolute atomic E-state index is 12.5. The van der Waals surface area contributed by atoms with E-state index in [2.05, 4.69) is 52.7 Å². The number of carbonyl (C=O) groups is 1. The Bertz CT molecular complexity index is 1020. The van der Waals surface area contributed by atoms with Gasteiger partial charge in [0.1, 0.15) is 5.84 Å². The molecule has 1 saturated heterocycles. The Balaban J connectivity index is 1.30. The first kappa shape index (κ1) is 21.8. The third-order valence-corrected chi connectivity index (χ3v) is 7.08. The number of nitrogens with one attached hydrogen (secondary N) is 1. The smallest absolute Gasteiger partial charge is 0.256 e. The zero-order valence-electron chi connectivity index (χ0n) is 18.1. The molecule has 31 heavy (non-hydrogen) atoms. The summed E-state index contributed by atoms with van der Waals surface area (Å²) in [5, 5.41) is 2.94. The van der Waals surface area contributed by atoms with Gasteiger partial charge in [0.15, 0.2) is 0 Å². The van der Waals surface area contributed by atoms with Crippen LogP contribution in [0.2, 0.25) is 0 Å². The predicted molar refractivity (Wildman–Crippen MR) is 122 cm³/mol. The van der Waals surface area contributed by atoms with Crippen molar-refractivity contribution in [1.29, 1.82) is 0 Å². The highest BCUT2D eigenvalue weighted by molar-refractivity contribution is 7.90. The van der Waals surface area contributed by atoms with Crippen molar-refractivity contribution in [2.24, 2.45) is 16.2 Å². The van der Waals surface area contributed by atoms with E-state index in [9.17, 15) is 13.2 Å². The topological polar surface area (TPSA) is 82.1 Å². The largest absolute Gasteiger partial charge is 0.348 e. The number of benzene rings is 1. The molecular formula is C23H30N4O3S. The number of rotatable bonds is 5. The van der Waals surface area contributed by atoms with Crippen LogP contribution in [0, 0.1) is 11.8 Å². The number of carbonyl (C=O) groups excluding carboxylic acids is 1. The fraction of sp³-hybridized carbons (Fsp3) is 0.478. The summed E-state index contributed by atoms with van der Waals surface area (Å²) in [4.78, 5) is 16.8. The molecule has 1 aromatic carbocycles. The Morgan fingerprint density at radius 3 is 2.48 bits per heavy atom. The van der Waals surface area contributed by atoms with Crippen LogP contribution < -0.4 is 5.32 Å². The van der Waals surface area contributed by atoms with E-state index < -0.39 is 10.0 Å². The Morgan fingerprint density at radius 1 is 1.10 bits per heavy atom. The minimum Gasteiger partial charge on any atom is -0.348 e. The summed E-state index contributed by atoms with van der Waals surface area (Å²) >= 11 is 0. The number of amidine groups is 1. The number of hydrogen-bond acceptors (Lipinski definition) is 5. The lowest BCUT2D eigenvalue weighted by molar-refractivity contribution is -0.117. The van der Waals surface area contributed by atoms with Crippen molar-refractivity contribution in [3.05, 3.63) is 59.3 Å². The maximum atomic E-state index is 12.5. The van der Waals surface area contributed by atoms with E-state index in [1.807, 2.05) is 0 Å². The van der Waals surface area contributed by atoms with Gasteiger partial charge >= 0.3 is 0 Å². The van der Waals surface area contributed by atoms with Gasteiger partial charge in [-0.15, -0.1) is 4.40 Å². The predicted octanol–water partition coefficient (Wildman–Crippen LogP) is 2.28. The molecule has 3 heterocycles.